The first-order valence-corrected chi connectivity index (χ1v) is 6.42. The molecule has 6 nitrogen and oxygen atoms in total. The maximum absolute atomic E-state index is 11.1. The third kappa shape index (κ3) is 3.72. The second-order valence-corrected chi connectivity index (χ2v) is 4.15. The molecule has 0 aliphatic carbocycles. The summed E-state index contributed by atoms with van der Waals surface area (Å²) in [5, 5.41) is 17.8. The average molecular weight is 282 g/mol. The van der Waals surface area contributed by atoms with E-state index in [2.05, 4.69) is 9.73 Å². The number of amides is 1. The molecule has 102 valence electrons. The number of rotatable bonds is 3. The van der Waals surface area contributed by atoms with Crippen molar-refractivity contribution in [1.29, 1.82) is 5.41 Å². The summed E-state index contributed by atoms with van der Waals surface area (Å²) < 4.78 is 9.34. The summed E-state index contributed by atoms with van der Waals surface area (Å²) in [5.74, 6) is 0.232. The van der Waals surface area contributed by atoms with Gasteiger partial charge in [-0.2, -0.15) is 4.99 Å². The van der Waals surface area contributed by atoms with Crippen LogP contribution in [0.3, 0.4) is 0 Å². The lowest BCUT2D eigenvalue weighted by molar-refractivity contribution is 0.183. The molecule has 1 aromatic carbocycles. The van der Waals surface area contributed by atoms with Crippen LogP contribution in [0.15, 0.2) is 23.2 Å². The van der Waals surface area contributed by atoms with Gasteiger partial charge in [0, 0.05) is 5.56 Å². The standard InChI is InChI=1S/C12H14N2O4S/c1-17-9-5-4-7(6-8(9)15)10(13)11(19-3)14-12(16)18-2/h4-6,13,15H,1-3H3. The highest BCUT2D eigenvalue weighted by atomic mass is 32.2. The lowest BCUT2D eigenvalue weighted by Crippen LogP contribution is -2.13. The number of phenolic OH excluding ortho intramolecular Hbond substituents is 1. The Morgan fingerprint density at radius 3 is 2.58 bits per heavy atom. The van der Waals surface area contributed by atoms with Gasteiger partial charge in [-0.05, 0) is 24.5 Å². The highest BCUT2D eigenvalue weighted by Crippen LogP contribution is 2.27. The Bertz CT molecular complexity index is 528. The summed E-state index contributed by atoms with van der Waals surface area (Å²) in [7, 11) is 2.65. The maximum atomic E-state index is 11.1. The third-order valence-electron chi connectivity index (χ3n) is 2.24. The number of nitrogens with zero attached hydrogens (tertiary/aromatic N) is 1. The van der Waals surface area contributed by atoms with Gasteiger partial charge in [0.05, 0.1) is 19.9 Å². The fraction of sp³-hybridized carbons (Fsp3) is 0.250. The number of aliphatic imine (C=N–C) groups is 1. The highest BCUT2D eigenvalue weighted by molar-refractivity contribution is 8.15. The van der Waals surface area contributed by atoms with Gasteiger partial charge in [0.2, 0.25) is 0 Å². The zero-order chi connectivity index (χ0) is 14.4. The van der Waals surface area contributed by atoms with Crippen LogP contribution >= 0.6 is 11.8 Å². The Morgan fingerprint density at radius 2 is 2.11 bits per heavy atom. The molecule has 0 saturated heterocycles. The van der Waals surface area contributed by atoms with Gasteiger partial charge in [-0.1, -0.05) is 0 Å². The Labute approximate surface area is 115 Å². The second-order valence-electron chi connectivity index (χ2n) is 3.35. The van der Waals surface area contributed by atoms with E-state index in [0.29, 0.717) is 11.3 Å². The Kier molecular flexibility index (Phi) is 5.37. The molecule has 0 spiro atoms. The minimum atomic E-state index is -0.771. The molecule has 0 aliphatic heterocycles. The number of aromatic hydroxyl groups is 1. The SMILES string of the molecule is COC(=O)N=C(SC)C(=N)c1ccc(OC)c(O)c1. The molecule has 0 radical (unpaired) electrons. The molecule has 0 saturated carbocycles. The largest absolute Gasteiger partial charge is 0.504 e. The van der Waals surface area contributed by atoms with Crippen molar-refractivity contribution >= 4 is 28.6 Å². The van der Waals surface area contributed by atoms with E-state index in [4.69, 9.17) is 10.1 Å². The molecule has 0 aromatic heterocycles. The van der Waals surface area contributed by atoms with Crippen LogP contribution in [0.1, 0.15) is 5.56 Å². The minimum Gasteiger partial charge on any atom is -0.504 e. The van der Waals surface area contributed by atoms with Crippen molar-refractivity contribution in [3.05, 3.63) is 23.8 Å². The minimum absolute atomic E-state index is 0.0239. The van der Waals surface area contributed by atoms with Crippen LogP contribution in [-0.2, 0) is 4.74 Å². The van der Waals surface area contributed by atoms with Crippen LogP contribution in [0, 0.1) is 5.41 Å². The van der Waals surface area contributed by atoms with Crippen molar-refractivity contribution in [1.82, 2.24) is 0 Å². The molecule has 0 bridgehead atoms. The third-order valence-corrected chi connectivity index (χ3v) is 2.92. The zero-order valence-electron chi connectivity index (χ0n) is 10.8. The van der Waals surface area contributed by atoms with Crippen LogP contribution in [-0.4, -0.2) is 42.4 Å². The fourth-order valence-corrected chi connectivity index (χ4v) is 1.79. The average Bonchev–Trinajstić information content (AvgIpc) is 2.43. The molecular weight excluding hydrogens is 268 g/mol. The van der Waals surface area contributed by atoms with Gasteiger partial charge in [0.1, 0.15) is 5.04 Å². The smallest absolute Gasteiger partial charge is 0.434 e. The number of benzene rings is 1. The number of nitrogens with one attached hydrogen (secondary N) is 1. The van der Waals surface area contributed by atoms with Crippen molar-refractivity contribution in [2.75, 3.05) is 20.5 Å². The zero-order valence-corrected chi connectivity index (χ0v) is 11.6. The molecule has 0 aliphatic rings. The van der Waals surface area contributed by atoms with Crippen LogP contribution in [0.2, 0.25) is 0 Å². The van der Waals surface area contributed by atoms with Crippen LogP contribution < -0.4 is 4.74 Å². The first-order chi connectivity index (χ1) is 9.03. The molecule has 7 heteroatoms. The van der Waals surface area contributed by atoms with Crippen LogP contribution in [0.4, 0.5) is 4.79 Å². The molecule has 1 aromatic rings. The van der Waals surface area contributed by atoms with Gasteiger partial charge >= 0.3 is 6.09 Å². The lowest BCUT2D eigenvalue weighted by atomic mass is 10.1. The van der Waals surface area contributed by atoms with Gasteiger partial charge in [-0.25, -0.2) is 4.79 Å². The quantitative estimate of drug-likeness (QED) is 0.655. The Balaban J connectivity index is 3.08. The van der Waals surface area contributed by atoms with Gasteiger partial charge in [0.15, 0.2) is 11.5 Å². The number of thioether (sulfide) groups is 1. The molecule has 2 N–H and O–H groups in total. The van der Waals surface area contributed by atoms with Gasteiger partial charge in [-0.3, -0.25) is 5.41 Å². The topological polar surface area (TPSA) is 92.0 Å². The van der Waals surface area contributed by atoms with E-state index in [9.17, 15) is 9.90 Å². The van der Waals surface area contributed by atoms with Crippen LogP contribution in [0.5, 0.6) is 11.5 Å². The number of ether oxygens (including phenoxy) is 2. The van der Waals surface area contributed by atoms with E-state index in [-0.39, 0.29) is 16.5 Å². The summed E-state index contributed by atoms with van der Waals surface area (Å²) in [6.45, 7) is 0. The molecule has 19 heavy (non-hydrogen) atoms. The molecule has 1 rings (SSSR count). The monoisotopic (exact) mass is 282 g/mol. The normalized spacial score (nSPS) is 11.0. The number of carbonyl (C=O) groups is 1. The van der Waals surface area contributed by atoms with Crippen molar-refractivity contribution in [2.45, 2.75) is 0 Å². The van der Waals surface area contributed by atoms with E-state index in [1.54, 1.807) is 12.3 Å². The van der Waals surface area contributed by atoms with Crippen molar-refractivity contribution in [3.8, 4) is 11.5 Å². The van der Waals surface area contributed by atoms with Gasteiger partial charge < -0.3 is 14.6 Å². The number of hydrogen-bond donors (Lipinski definition) is 2. The molecule has 0 atom stereocenters. The number of methoxy groups -OCH3 is 2. The summed E-state index contributed by atoms with van der Waals surface area (Å²) in [4.78, 5) is 14.7. The van der Waals surface area contributed by atoms with E-state index < -0.39 is 6.09 Å². The molecule has 0 heterocycles. The number of carbonyl (C=O) groups excluding carboxylic acids is 1. The summed E-state index contributed by atoms with van der Waals surface area (Å²) in [5.41, 5.74) is 0.450. The van der Waals surface area contributed by atoms with E-state index in [0.717, 1.165) is 11.8 Å². The molecule has 0 unspecified atom stereocenters. The van der Waals surface area contributed by atoms with Crippen molar-refractivity contribution < 1.29 is 19.4 Å². The summed E-state index contributed by atoms with van der Waals surface area (Å²) in [6, 6.07) is 4.52. The number of phenols is 1. The molecular formula is C12H14N2O4S. The lowest BCUT2D eigenvalue weighted by Gasteiger charge is -2.08. The van der Waals surface area contributed by atoms with Crippen LogP contribution in [0.25, 0.3) is 0 Å². The van der Waals surface area contributed by atoms with Crippen molar-refractivity contribution in [2.24, 2.45) is 4.99 Å². The summed E-state index contributed by atoms with van der Waals surface area (Å²) >= 11 is 1.14. The Morgan fingerprint density at radius 1 is 1.42 bits per heavy atom. The first-order valence-electron chi connectivity index (χ1n) is 5.20. The highest BCUT2D eigenvalue weighted by Gasteiger charge is 2.13. The van der Waals surface area contributed by atoms with Gasteiger partial charge in [-0.15, -0.1) is 11.8 Å². The van der Waals surface area contributed by atoms with Crippen molar-refractivity contribution in [3.63, 3.8) is 0 Å². The van der Waals surface area contributed by atoms with E-state index >= 15 is 0 Å². The van der Waals surface area contributed by atoms with E-state index in [1.165, 1.54) is 26.4 Å². The Hall–Kier alpha value is -2.02. The first kappa shape index (κ1) is 15.0. The molecule has 1 amide bonds. The predicted molar refractivity (Wildman–Crippen MR) is 74.8 cm³/mol. The number of hydrogen-bond acceptors (Lipinski definition) is 6. The molecule has 0 fully saturated rings. The van der Waals surface area contributed by atoms with E-state index in [1.807, 2.05) is 0 Å². The maximum Gasteiger partial charge on any atom is 0.434 e. The fourth-order valence-electron chi connectivity index (χ4n) is 1.30. The summed E-state index contributed by atoms with van der Waals surface area (Å²) in [6.07, 6.45) is 0.923. The predicted octanol–water partition coefficient (Wildman–Crippen LogP) is 2.30. The second kappa shape index (κ2) is 6.79. The van der Waals surface area contributed by atoms with Gasteiger partial charge in [0.25, 0.3) is 0 Å².